The topological polar surface area (TPSA) is 93.1 Å². The van der Waals surface area contributed by atoms with Crippen LogP contribution in [0.1, 0.15) is 20.7 Å². The highest BCUT2D eigenvalue weighted by atomic mass is 32.2. The summed E-state index contributed by atoms with van der Waals surface area (Å²) in [6, 6.07) is 21.6. The molecule has 202 valence electrons. The molecule has 2 unspecified atom stereocenters. The first kappa shape index (κ1) is 30.5. The fraction of sp³-hybridized carbons (Fsp3) is 0.286. The number of rotatable bonds is 14. The summed E-state index contributed by atoms with van der Waals surface area (Å²) in [6.45, 7) is 0.0445. The minimum Gasteiger partial charge on any atom is -0.491 e. The van der Waals surface area contributed by atoms with Crippen molar-refractivity contribution in [1.82, 2.24) is 0 Å². The molecule has 0 heterocycles. The van der Waals surface area contributed by atoms with E-state index in [-0.39, 0.29) is 35.0 Å². The van der Waals surface area contributed by atoms with Crippen molar-refractivity contribution in [3.63, 3.8) is 0 Å². The molecular weight excluding hydrogens is 561 g/mol. The highest BCUT2D eigenvalue weighted by Gasteiger charge is 2.14. The monoisotopic (exact) mass is 590 g/mol. The Labute approximate surface area is 240 Å². The number of thioether (sulfide) groups is 4. The van der Waals surface area contributed by atoms with Crippen molar-refractivity contribution in [1.29, 1.82) is 0 Å². The summed E-state index contributed by atoms with van der Waals surface area (Å²) in [5.74, 6) is 1.42. The zero-order valence-corrected chi connectivity index (χ0v) is 24.3. The van der Waals surface area contributed by atoms with Gasteiger partial charge in [0, 0.05) is 38.5 Å². The van der Waals surface area contributed by atoms with E-state index < -0.39 is 12.2 Å². The maximum absolute atomic E-state index is 12.3. The maximum Gasteiger partial charge on any atom is 0.219 e. The van der Waals surface area contributed by atoms with E-state index in [9.17, 15) is 19.8 Å². The molecule has 0 aliphatic carbocycles. The van der Waals surface area contributed by atoms with Gasteiger partial charge in [-0.05, 0) is 73.2 Å². The third-order valence-electron chi connectivity index (χ3n) is 5.16. The summed E-state index contributed by atoms with van der Waals surface area (Å²) in [7, 11) is 0. The molecule has 0 aromatic heterocycles. The lowest BCUT2D eigenvalue weighted by Gasteiger charge is -2.14. The quantitative estimate of drug-likeness (QED) is 0.226. The highest BCUT2D eigenvalue weighted by Crippen LogP contribution is 2.23. The first-order valence-corrected chi connectivity index (χ1v) is 16.1. The van der Waals surface area contributed by atoms with Crippen LogP contribution in [-0.4, -0.2) is 69.9 Å². The predicted molar refractivity (Wildman–Crippen MR) is 159 cm³/mol. The molecule has 2 atom stereocenters. The lowest BCUT2D eigenvalue weighted by molar-refractivity contribution is 0.107. The van der Waals surface area contributed by atoms with E-state index in [4.69, 9.17) is 9.47 Å². The van der Waals surface area contributed by atoms with Gasteiger partial charge in [0.05, 0.1) is 12.2 Å². The van der Waals surface area contributed by atoms with E-state index in [0.717, 1.165) is 33.3 Å². The second-order valence-corrected chi connectivity index (χ2v) is 11.8. The molecule has 3 aromatic rings. The lowest BCUT2D eigenvalue weighted by Crippen LogP contribution is -2.21. The van der Waals surface area contributed by atoms with Crippen LogP contribution in [0.3, 0.4) is 0 Å². The molecule has 6 nitrogen and oxygen atoms in total. The molecular formula is C28H30O6S4. The zero-order chi connectivity index (χ0) is 27.3. The molecule has 0 amide bonds. The smallest absolute Gasteiger partial charge is 0.219 e. The molecule has 2 N–H and O–H groups in total. The maximum atomic E-state index is 12.3. The van der Waals surface area contributed by atoms with Gasteiger partial charge in [0.2, 0.25) is 10.2 Å². The van der Waals surface area contributed by atoms with Crippen molar-refractivity contribution in [2.24, 2.45) is 0 Å². The fourth-order valence-electron chi connectivity index (χ4n) is 3.10. The van der Waals surface area contributed by atoms with Crippen LogP contribution in [0.4, 0.5) is 0 Å². The Hall–Kier alpha value is -2.08. The normalized spacial score (nSPS) is 12.5. The number of aliphatic hydroxyl groups is 2. The van der Waals surface area contributed by atoms with Gasteiger partial charge >= 0.3 is 0 Å². The van der Waals surface area contributed by atoms with Crippen molar-refractivity contribution in [3.8, 4) is 11.5 Å². The zero-order valence-electron chi connectivity index (χ0n) is 21.1. The summed E-state index contributed by atoms with van der Waals surface area (Å²) in [4.78, 5) is 26.8. The number of hydrogen-bond acceptors (Lipinski definition) is 10. The van der Waals surface area contributed by atoms with Gasteiger partial charge in [0.15, 0.2) is 0 Å². The molecule has 0 bridgehead atoms. The van der Waals surface area contributed by atoms with Gasteiger partial charge in [-0.1, -0.05) is 29.6 Å². The third kappa shape index (κ3) is 10.2. The summed E-state index contributed by atoms with van der Waals surface area (Å²) < 4.78 is 11.3. The second kappa shape index (κ2) is 16.1. The Morgan fingerprint density at radius 2 is 1.08 bits per heavy atom. The van der Waals surface area contributed by atoms with Crippen LogP contribution in [-0.2, 0) is 0 Å². The van der Waals surface area contributed by atoms with Crippen molar-refractivity contribution in [2.75, 3.05) is 37.2 Å². The van der Waals surface area contributed by atoms with Crippen molar-refractivity contribution in [3.05, 3.63) is 83.9 Å². The van der Waals surface area contributed by atoms with E-state index in [1.807, 2.05) is 36.8 Å². The number of carbonyl (C=O) groups is 2. The SMILES string of the molecule is CSc1ccc(C(=O)SCC(O)COc2cccc(OCC(O)CSC(=O)c3ccc(SC)cc3)c2)cc1. The Morgan fingerprint density at radius 3 is 1.45 bits per heavy atom. The van der Waals surface area contributed by atoms with Gasteiger partial charge in [0.1, 0.15) is 24.7 Å². The van der Waals surface area contributed by atoms with Crippen LogP contribution in [0.2, 0.25) is 0 Å². The second-order valence-electron chi connectivity index (χ2n) is 8.06. The van der Waals surface area contributed by atoms with Crippen LogP contribution in [0.15, 0.2) is 82.6 Å². The Bertz CT molecular complexity index is 1080. The minimum absolute atomic E-state index is 0.0223. The van der Waals surface area contributed by atoms with E-state index in [0.29, 0.717) is 22.6 Å². The van der Waals surface area contributed by atoms with E-state index in [2.05, 4.69) is 0 Å². The molecule has 0 aliphatic heterocycles. The Kier molecular flexibility index (Phi) is 12.9. The highest BCUT2D eigenvalue weighted by molar-refractivity contribution is 8.14. The van der Waals surface area contributed by atoms with Crippen LogP contribution in [0.5, 0.6) is 11.5 Å². The summed E-state index contributed by atoms with van der Waals surface area (Å²) in [5, 5.41) is 20.3. The van der Waals surface area contributed by atoms with Crippen LogP contribution >= 0.6 is 47.0 Å². The predicted octanol–water partition coefficient (Wildman–Crippen LogP) is 5.76. The van der Waals surface area contributed by atoms with Crippen LogP contribution in [0, 0.1) is 0 Å². The van der Waals surface area contributed by atoms with Crippen LogP contribution in [0.25, 0.3) is 0 Å². The van der Waals surface area contributed by atoms with E-state index >= 15 is 0 Å². The number of hydrogen-bond donors (Lipinski definition) is 2. The molecule has 0 saturated heterocycles. The minimum atomic E-state index is -0.827. The van der Waals surface area contributed by atoms with Gasteiger partial charge < -0.3 is 19.7 Å². The molecule has 10 heteroatoms. The molecule has 0 radical (unpaired) electrons. The fourth-order valence-corrected chi connectivity index (χ4v) is 5.40. The van der Waals surface area contributed by atoms with Gasteiger partial charge in [-0.15, -0.1) is 23.5 Å². The molecule has 3 aromatic carbocycles. The summed E-state index contributed by atoms with van der Waals surface area (Å²) in [5.41, 5.74) is 1.20. The molecule has 3 rings (SSSR count). The number of ether oxygens (including phenoxy) is 2. The van der Waals surface area contributed by atoms with Gasteiger partial charge in [-0.2, -0.15) is 0 Å². The van der Waals surface area contributed by atoms with Crippen molar-refractivity contribution in [2.45, 2.75) is 22.0 Å². The van der Waals surface area contributed by atoms with Crippen molar-refractivity contribution >= 4 is 57.3 Å². The first-order chi connectivity index (χ1) is 18.4. The average molecular weight is 591 g/mol. The van der Waals surface area contributed by atoms with Crippen molar-refractivity contribution < 1.29 is 29.3 Å². The Balaban J connectivity index is 1.37. The summed E-state index contributed by atoms with van der Waals surface area (Å²) in [6.07, 6.45) is 2.30. The third-order valence-corrected chi connectivity index (χ3v) is 8.74. The van der Waals surface area contributed by atoms with E-state index in [1.54, 1.807) is 72.1 Å². The number of aliphatic hydroxyl groups excluding tert-OH is 2. The molecule has 0 saturated carbocycles. The van der Waals surface area contributed by atoms with E-state index in [1.165, 1.54) is 0 Å². The Morgan fingerprint density at radius 1 is 0.684 bits per heavy atom. The summed E-state index contributed by atoms with van der Waals surface area (Å²) >= 11 is 5.33. The first-order valence-electron chi connectivity index (χ1n) is 11.7. The van der Waals surface area contributed by atoms with Crippen LogP contribution < -0.4 is 9.47 Å². The van der Waals surface area contributed by atoms with Gasteiger partial charge in [-0.3, -0.25) is 9.59 Å². The molecule has 38 heavy (non-hydrogen) atoms. The number of carbonyl (C=O) groups excluding carboxylic acids is 2. The molecule has 0 fully saturated rings. The van der Waals surface area contributed by atoms with Gasteiger partial charge in [0.25, 0.3) is 0 Å². The number of benzene rings is 3. The standard InChI is InChI=1S/C28H30O6S4/c1-35-25-10-6-19(7-11-25)27(31)37-17-21(29)15-33-23-4-3-5-24(14-23)34-16-22(30)18-38-28(32)20-8-12-26(36-2)13-9-20/h3-14,21-22,29-30H,15-18H2,1-2H3. The largest absolute Gasteiger partial charge is 0.491 e. The molecule has 0 aliphatic rings. The lowest BCUT2D eigenvalue weighted by atomic mass is 10.2. The average Bonchev–Trinajstić information content (AvgIpc) is 2.96. The molecule has 0 spiro atoms. The van der Waals surface area contributed by atoms with Gasteiger partial charge in [-0.25, -0.2) is 0 Å².